The van der Waals surface area contributed by atoms with Crippen molar-refractivity contribution >= 4 is 41.5 Å². The van der Waals surface area contributed by atoms with Gasteiger partial charge in [0.15, 0.2) is 5.96 Å². The molecule has 2 heterocycles. The normalized spacial score (nSPS) is 17.0. The van der Waals surface area contributed by atoms with E-state index in [1.807, 2.05) is 6.07 Å². The van der Waals surface area contributed by atoms with Gasteiger partial charge in [-0.3, -0.25) is 4.99 Å². The molecule has 2 aromatic rings. The van der Waals surface area contributed by atoms with Crippen LogP contribution < -0.4 is 10.1 Å². The van der Waals surface area contributed by atoms with Crippen LogP contribution in [0.2, 0.25) is 5.02 Å². The van der Waals surface area contributed by atoms with Crippen molar-refractivity contribution in [2.75, 3.05) is 39.9 Å². The number of aromatic nitrogens is 1. The third-order valence-corrected chi connectivity index (χ3v) is 4.75. The van der Waals surface area contributed by atoms with Gasteiger partial charge in [-0.25, -0.2) is 4.98 Å². The smallest absolute Gasteiger partial charge is 0.232 e. The SMILES string of the molecule is CN=C(NCCOc1ncccc1Cl)N1CCOC(c2ccccc2C)C1.I. The van der Waals surface area contributed by atoms with Crippen LogP contribution in [0.5, 0.6) is 5.88 Å². The molecule has 1 fully saturated rings. The van der Waals surface area contributed by atoms with Gasteiger partial charge in [0.05, 0.1) is 19.7 Å². The molecule has 28 heavy (non-hydrogen) atoms. The molecule has 1 unspecified atom stereocenters. The van der Waals surface area contributed by atoms with Crippen molar-refractivity contribution < 1.29 is 9.47 Å². The Morgan fingerprint density at radius 1 is 1.36 bits per heavy atom. The zero-order chi connectivity index (χ0) is 19.1. The van der Waals surface area contributed by atoms with Crippen molar-refractivity contribution in [3.63, 3.8) is 0 Å². The average Bonchev–Trinajstić information content (AvgIpc) is 2.70. The summed E-state index contributed by atoms with van der Waals surface area (Å²) in [6.45, 7) is 5.39. The number of nitrogens with one attached hydrogen (secondary N) is 1. The number of nitrogens with zero attached hydrogens (tertiary/aromatic N) is 3. The van der Waals surface area contributed by atoms with Gasteiger partial charge in [0.2, 0.25) is 5.88 Å². The maximum atomic E-state index is 6.05. The van der Waals surface area contributed by atoms with Gasteiger partial charge in [-0.05, 0) is 30.2 Å². The van der Waals surface area contributed by atoms with Crippen LogP contribution in [0.4, 0.5) is 0 Å². The number of aliphatic imine (C=N–C) groups is 1. The highest BCUT2D eigenvalue weighted by Crippen LogP contribution is 2.25. The third-order valence-electron chi connectivity index (χ3n) is 4.46. The molecule has 0 bridgehead atoms. The Morgan fingerprint density at radius 3 is 2.93 bits per heavy atom. The number of rotatable bonds is 5. The Morgan fingerprint density at radius 2 is 2.18 bits per heavy atom. The molecule has 3 rings (SSSR count). The molecule has 1 N–H and O–H groups in total. The van der Waals surface area contributed by atoms with E-state index in [0.29, 0.717) is 30.7 Å². The Hall–Kier alpha value is -1.58. The minimum atomic E-state index is 0. The number of aryl methyl sites for hydroxylation is 1. The molecule has 0 saturated carbocycles. The van der Waals surface area contributed by atoms with Gasteiger partial charge in [-0.2, -0.15) is 0 Å². The highest BCUT2D eigenvalue weighted by Gasteiger charge is 2.25. The molecule has 6 nitrogen and oxygen atoms in total. The van der Waals surface area contributed by atoms with Crippen molar-refractivity contribution in [2.24, 2.45) is 4.99 Å². The van der Waals surface area contributed by atoms with Crippen LogP contribution in [-0.2, 0) is 4.74 Å². The van der Waals surface area contributed by atoms with E-state index < -0.39 is 0 Å². The van der Waals surface area contributed by atoms with Gasteiger partial charge in [0, 0.05) is 19.8 Å². The van der Waals surface area contributed by atoms with Crippen LogP contribution >= 0.6 is 35.6 Å². The molecule has 0 spiro atoms. The first-order chi connectivity index (χ1) is 13.2. The predicted molar refractivity (Wildman–Crippen MR) is 123 cm³/mol. The second kappa shape index (κ2) is 11.4. The molecular formula is C20H26ClIN4O2. The van der Waals surface area contributed by atoms with Crippen LogP contribution in [-0.4, -0.2) is 55.7 Å². The van der Waals surface area contributed by atoms with Crippen LogP contribution in [0.25, 0.3) is 0 Å². The maximum absolute atomic E-state index is 6.05. The summed E-state index contributed by atoms with van der Waals surface area (Å²) in [6, 6.07) is 11.9. The molecule has 1 aliphatic rings. The molecule has 1 aromatic carbocycles. The minimum Gasteiger partial charge on any atom is -0.475 e. The average molecular weight is 517 g/mol. The number of ether oxygens (including phenoxy) is 2. The zero-order valence-electron chi connectivity index (χ0n) is 16.1. The highest BCUT2D eigenvalue weighted by atomic mass is 127. The van der Waals surface area contributed by atoms with Gasteiger partial charge in [0.1, 0.15) is 17.7 Å². The molecule has 0 aliphatic carbocycles. The zero-order valence-corrected chi connectivity index (χ0v) is 19.2. The van der Waals surface area contributed by atoms with E-state index in [9.17, 15) is 0 Å². The quantitative estimate of drug-likeness (QED) is 0.284. The number of benzene rings is 1. The van der Waals surface area contributed by atoms with Crippen LogP contribution in [0.1, 0.15) is 17.2 Å². The van der Waals surface area contributed by atoms with Gasteiger partial charge in [-0.1, -0.05) is 35.9 Å². The first kappa shape index (κ1) is 22.7. The molecule has 1 aliphatic heterocycles. The Labute approximate surface area is 188 Å². The summed E-state index contributed by atoms with van der Waals surface area (Å²) in [6.07, 6.45) is 1.70. The molecule has 1 aromatic heterocycles. The van der Waals surface area contributed by atoms with Crippen molar-refractivity contribution in [2.45, 2.75) is 13.0 Å². The van der Waals surface area contributed by atoms with Gasteiger partial charge < -0.3 is 19.7 Å². The first-order valence-electron chi connectivity index (χ1n) is 9.05. The van der Waals surface area contributed by atoms with Crippen molar-refractivity contribution in [3.05, 3.63) is 58.7 Å². The highest BCUT2D eigenvalue weighted by molar-refractivity contribution is 14.0. The number of guanidine groups is 1. The number of pyridine rings is 1. The second-order valence-corrected chi connectivity index (χ2v) is 6.68. The van der Waals surface area contributed by atoms with Crippen molar-refractivity contribution in [3.8, 4) is 5.88 Å². The van der Waals surface area contributed by atoms with E-state index >= 15 is 0 Å². The summed E-state index contributed by atoms with van der Waals surface area (Å²) in [5.41, 5.74) is 2.47. The fraction of sp³-hybridized carbons (Fsp3) is 0.400. The maximum Gasteiger partial charge on any atom is 0.232 e. The molecule has 1 atom stereocenters. The van der Waals surface area contributed by atoms with Gasteiger partial charge in [-0.15, -0.1) is 24.0 Å². The Bertz CT molecular complexity index is 790. The molecule has 1 saturated heterocycles. The van der Waals surface area contributed by atoms with Gasteiger partial charge >= 0.3 is 0 Å². The first-order valence-corrected chi connectivity index (χ1v) is 9.43. The minimum absolute atomic E-state index is 0. The lowest BCUT2D eigenvalue weighted by Crippen LogP contribution is -2.49. The topological polar surface area (TPSA) is 59.0 Å². The monoisotopic (exact) mass is 516 g/mol. The lowest BCUT2D eigenvalue weighted by Gasteiger charge is -2.35. The molecule has 152 valence electrons. The van der Waals surface area contributed by atoms with E-state index in [0.717, 1.165) is 19.0 Å². The van der Waals surface area contributed by atoms with E-state index in [4.69, 9.17) is 21.1 Å². The summed E-state index contributed by atoms with van der Waals surface area (Å²) in [5.74, 6) is 1.29. The largest absolute Gasteiger partial charge is 0.475 e. The fourth-order valence-electron chi connectivity index (χ4n) is 3.10. The summed E-state index contributed by atoms with van der Waals surface area (Å²) >= 11 is 6.05. The third kappa shape index (κ3) is 5.96. The van der Waals surface area contributed by atoms with E-state index in [2.05, 4.69) is 45.3 Å². The lowest BCUT2D eigenvalue weighted by atomic mass is 10.0. The van der Waals surface area contributed by atoms with Gasteiger partial charge in [0.25, 0.3) is 0 Å². The van der Waals surface area contributed by atoms with E-state index in [1.165, 1.54) is 11.1 Å². The standard InChI is InChI=1S/C20H25ClN4O2.HI/c1-15-6-3-4-7-16(15)18-14-25(11-13-26-18)20(22-2)24-10-12-27-19-17(21)8-5-9-23-19;/h3-9,18H,10-14H2,1-2H3,(H,22,24);1H. The van der Waals surface area contributed by atoms with Crippen LogP contribution in [0, 0.1) is 6.92 Å². The summed E-state index contributed by atoms with van der Waals surface area (Å²) in [7, 11) is 1.79. The molecule has 0 radical (unpaired) electrons. The Kier molecular flexibility index (Phi) is 9.27. The summed E-state index contributed by atoms with van der Waals surface area (Å²) in [5, 5.41) is 3.85. The summed E-state index contributed by atoms with van der Waals surface area (Å²) in [4.78, 5) is 10.7. The fourth-order valence-corrected chi connectivity index (χ4v) is 3.27. The summed E-state index contributed by atoms with van der Waals surface area (Å²) < 4.78 is 11.6. The van der Waals surface area contributed by atoms with Crippen LogP contribution in [0.15, 0.2) is 47.6 Å². The van der Waals surface area contributed by atoms with Crippen molar-refractivity contribution in [1.29, 1.82) is 0 Å². The number of hydrogen-bond donors (Lipinski definition) is 1. The van der Waals surface area contributed by atoms with E-state index in [1.54, 1.807) is 25.4 Å². The predicted octanol–water partition coefficient (Wildman–Crippen LogP) is 3.69. The number of halogens is 2. The number of hydrogen-bond acceptors (Lipinski definition) is 4. The molecular weight excluding hydrogens is 491 g/mol. The number of morpholine rings is 1. The lowest BCUT2D eigenvalue weighted by molar-refractivity contribution is -0.00834. The van der Waals surface area contributed by atoms with Crippen LogP contribution in [0.3, 0.4) is 0 Å². The Balaban J connectivity index is 0.00000280. The molecule has 0 amide bonds. The molecule has 8 heteroatoms. The van der Waals surface area contributed by atoms with E-state index in [-0.39, 0.29) is 30.1 Å². The second-order valence-electron chi connectivity index (χ2n) is 6.27. The van der Waals surface area contributed by atoms with Crippen molar-refractivity contribution in [1.82, 2.24) is 15.2 Å².